The first-order valence-electron chi connectivity index (χ1n) is 4.72. The monoisotopic (exact) mass is 181 g/mol. The molecule has 0 N–H and O–H groups in total. The van der Waals surface area contributed by atoms with Gasteiger partial charge in [0.1, 0.15) is 0 Å². The third kappa shape index (κ3) is 3.48. The fourth-order valence-corrected chi connectivity index (χ4v) is 1.15. The van der Waals surface area contributed by atoms with Gasteiger partial charge in [-0.1, -0.05) is 72.2 Å². The van der Waals surface area contributed by atoms with E-state index in [0.29, 0.717) is 0 Å². The Morgan fingerprint density at radius 3 is 2.57 bits per heavy atom. The van der Waals surface area contributed by atoms with Gasteiger partial charge in [-0.2, -0.15) is 0 Å². The van der Waals surface area contributed by atoms with Crippen LogP contribution in [0, 0.1) is 0 Å². The van der Waals surface area contributed by atoms with Crippen LogP contribution in [0.4, 0.5) is 0 Å². The molecular formula is C13H14B. The van der Waals surface area contributed by atoms with Gasteiger partial charge in [-0.15, -0.1) is 0 Å². The highest BCUT2D eigenvalue weighted by Crippen LogP contribution is 1.95. The molecule has 1 aromatic rings. The van der Waals surface area contributed by atoms with Crippen molar-refractivity contribution < 1.29 is 0 Å². The minimum atomic E-state index is 1.19. The maximum Gasteiger partial charge on any atom is 0.190 e. The topological polar surface area (TPSA) is 0 Å². The molecule has 1 radical (unpaired) electrons. The van der Waals surface area contributed by atoms with E-state index in [-0.39, 0.29) is 0 Å². The molecule has 0 nitrogen and oxygen atoms in total. The van der Waals surface area contributed by atoms with Crippen LogP contribution in [0.3, 0.4) is 0 Å². The minimum Gasteiger partial charge on any atom is -0.0991 e. The highest BCUT2D eigenvalue weighted by molar-refractivity contribution is 6.61. The molecule has 0 unspecified atom stereocenters. The molecule has 0 heterocycles. The van der Waals surface area contributed by atoms with Crippen LogP contribution in [0.15, 0.2) is 66.7 Å². The molecule has 0 fully saturated rings. The standard InChI is InChI=1S/C13H14B/c1-3-5-9-12(4-2)14-13-10-7-6-8-11-13/h3-11H,1H2,2H3/b9-5-,12-4+. The summed E-state index contributed by atoms with van der Waals surface area (Å²) in [6.45, 7) is 5.68. The molecule has 0 amide bonds. The summed E-state index contributed by atoms with van der Waals surface area (Å²) < 4.78 is 0. The van der Waals surface area contributed by atoms with Crippen LogP contribution in [0.2, 0.25) is 0 Å². The van der Waals surface area contributed by atoms with Crippen molar-refractivity contribution in [2.75, 3.05) is 0 Å². The lowest BCUT2D eigenvalue weighted by atomic mass is 9.63. The molecule has 1 aromatic carbocycles. The lowest BCUT2D eigenvalue weighted by Gasteiger charge is -1.99. The molecule has 14 heavy (non-hydrogen) atoms. The molecule has 0 aromatic heterocycles. The van der Waals surface area contributed by atoms with Gasteiger partial charge < -0.3 is 0 Å². The molecule has 0 bridgehead atoms. The van der Waals surface area contributed by atoms with Crippen molar-refractivity contribution in [1.29, 1.82) is 0 Å². The van der Waals surface area contributed by atoms with E-state index in [4.69, 9.17) is 0 Å². The number of hydrogen-bond donors (Lipinski definition) is 0. The second-order valence-electron chi connectivity index (χ2n) is 2.94. The zero-order valence-corrected chi connectivity index (χ0v) is 8.48. The number of rotatable bonds is 4. The maximum absolute atomic E-state index is 3.65. The Kier molecular flexibility index (Phi) is 4.56. The fraction of sp³-hybridized carbons (Fsp3) is 0.0769. The minimum absolute atomic E-state index is 1.19. The van der Waals surface area contributed by atoms with E-state index in [1.165, 1.54) is 10.9 Å². The van der Waals surface area contributed by atoms with Crippen molar-refractivity contribution in [1.82, 2.24) is 0 Å². The van der Waals surface area contributed by atoms with Gasteiger partial charge in [-0.05, 0) is 6.92 Å². The van der Waals surface area contributed by atoms with Gasteiger partial charge in [-0.25, -0.2) is 0 Å². The number of benzene rings is 1. The van der Waals surface area contributed by atoms with Crippen LogP contribution < -0.4 is 5.46 Å². The first-order chi connectivity index (χ1) is 6.86. The van der Waals surface area contributed by atoms with Crippen molar-refractivity contribution in [3.05, 3.63) is 66.7 Å². The zero-order chi connectivity index (χ0) is 10.2. The number of hydrogen-bond acceptors (Lipinski definition) is 0. The van der Waals surface area contributed by atoms with Crippen molar-refractivity contribution >= 4 is 12.7 Å². The first kappa shape index (κ1) is 10.6. The van der Waals surface area contributed by atoms with Crippen molar-refractivity contribution in [3.8, 4) is 0 Å². The predicted octanol–water partition coefficient (Wildman–Crippen LogP) is 2.66. The molecule has 0 aliphatic carbocycles. The van der Waals surface area contributed by atoms with Crippen LogP contribution in [0.1, 0.15) is 6.92 Å². The Bertz CT molecular complexity index is 334. The molecule has 0 aliphatic heterocycles. The molecule has 0 saturated carbocycles. The van der Waals surface area contributed by atoms with Crippen LogP contribution in [0.5, 0.6) is 0 Å². The summed E-state index contributed by atoms with van der Waals surface area (Å²) in [4.78, 5) is 0. The Balaban J connectivity index is 2.67. The van der Waals surface area contributed by atoms with Crippen LogP contribution in [-0.4, -0.2) is 7.28 Å². The van der Waals surface area contributed by atoms with Crippen molar-refractivity contribution in [2.24, 2.45) is 0 Å². The SMILES string of the molecule is C=C/C=C\C([B]c1ccccc1)=C/C. The molecule has 0 spiro atoms. The summed E-state index contributed by atoms with van der Waals surface area (Å²) in [7, 11) is 2.14. The summed E-state index contributed by atoms with van der Waals surface area (Å²) in [5, 5.41) is 0. The van der Waals surface area contributed by atoms with Crippen LogP contribution >= 0.6 is 0 Å². The highest BCUT2D eigenvalue weighted by atomic mass is 13.8. The number of allylic oxidation sites excluding steroid dienone is 5. The second kappa shape index (κ2) is 6.03. The Labute approximate surface area is 86.9 Å². The molecule has 1 heteroatoms. The second-order valence-corrected chi connectivity index (χ2v) is 2.94. The fourth-order valence-electron chi connectivity index (χ4n) is 1.15. The Morgan fingerprint density at radius 2 is 2.00 bits per heavy atom. The molecule has 1 rings (SSSR count). The molecule has 0 saturated heterocycles. The Morgan fingerprint density at radius 1 is 1.29 bits per heavy atom. The van der Waals surface area contributed by atoms with Crippen molar-refractivity contribution in [3.63, 3.8) is 0 Å². The van der Waals surface area contributed by atoms with E-state index in [1.54, 1.807) is 6.08 Å². The zero-order valence-electron chi connectivity index (χ0n) is 8.48. The molecule has 0 atom stereocenters. The Hall–Kier alpha value is -1.50. The normalized spacial score (nSPS) is 11.6. The third-order valence-corrected chi connectivity index (χ3v) is 1.89. The van der Waals surface area contributed by atoms with Gasteiger partial charge in [-0.3, -0.25) is 0 Å². The molecule has 69 valence electrons. The van der Waals surface area contributed by atoms with E-state index in [9.17, 15) is 0 Å². The van der Waals surface area contributed by atoms with Gasteiger partial charge in [0.2, 0.25) is 0 Å². The summed E-state index contributed by atoms with van der Waals surface area (Å²) in [6, 6.07) is 10.3. The third-order valence-electron chi connectivity index (χ3n) is 1.89. The van der Waals surface area contributed by atoms with Gasteiger partial charge in [0.25, 0.3) is 0 Å². The van der Waals surface area contributed by atoms with Gasteiger partial charge in [0.05, 0.1) is 0 Å². The molecular weight excluding hydrogens is 167 g/mol. The van der Waals surface area contributed by atoms with Gasteiger partial charge in [0, 0.05) is 0 Å². The van der Waals surface area contributed by atoms with E-state index in [1.807, 2.05) is 37.3 Å². The van der Waals surface area contributed by atoms with E-state index in [0.717, 1.165) is 0 Å². The molecule has 0 aliphatic rings. The van der Waals surface area contributed by atoms with Gasteiger partial charge in [0.15, 0.2) is 7.28 Å². The van der Waals surface area contributed by atoms with Crippen molar-refractivity contribution in [2.45, 2.75) is 6.92 Å². The lowest BCUT2D eigenvalue weighted by Crippen LogP contribution is -2.14. The highest BCUT2D eigenvalue weighted by Gasteiger charge is 1.96. The van der Waals surface area contributed by atoms with E-state index >= 15 is 0 Å². The largest absolute Gasteiger partial charge is 0.190 e. The van der Waals surface area contributed by atoms with Crippen LogP contribution in [0.25, 0.3) is 0 Å². The van der Waals surface area contributed by atoms with E-state index in [2.05, 4.69) is 32.1 Å². The first-order valence-corrected chi connectivity index (χ1v) is 4.72. The smallest absolute Gasteiger partial charge is 0.0991 e. The maximum atomic E-state index is 3.65. The quantitative estimate of drug-likeness (QED) is 0.494. The van der Waals surface area contributed by atoms with E-state index < -0.39 is 0 Å². The summed E-state index contributed by atoms with van der Waals surface area (Å²) in [6.07, 6.45) is 7.84. The predicted molar refractivity (Wildman–Crippen MR) is 64.9 cm³/mol. The average Bonchev–Trinajstić information content (AvgIpc) is 2.25. The average molecular weight is 181 g/mol. The lowest BCUT2D eigenvalue weighted by molar-refractivity contribution is 1.68. The van der Waals surface area contributed by atoms with Gasteiger partial charge >= 0.3 is 0 Å². The van der Waals surface area contributed by atoms with Crippen LogP contribution in [-0.2, 0) is 0 Å². The summed E-state index contributed by atoms with van der Waals surface area (Å²) in [5.41, 5.74) is 2.41. The summed E-state index contributed by atoms with van der Waals surface area (Å²) in [5.74, 6) is 0. The summed E-state index contributed by atoms with van der Waals surface area (Å²) >= 11 is 0.